The van der Waals surface area contributed by atoms with Crippen LogP contribution in [0, 0.1) is 0 Å². The molecule has 1 saturated heterocycles. The van der Waals surface area contributed by atoms with Crippen molar-refractivity contribution >= 4 is 17.6 Å². The van der Waals surface area contributed by atoms with Crippen LogP contribution in [0.15, 0.2) is 28.8 Å². The maximum Gasteiger partial charge on any atom is 0.374 e. The maximum atomic E-state index is 10.8. The number of aromatic hydroxyl groups is 1. The number of likely N-dealkylation sites (tertiary alicyclic amines) is 1. The van der Waals surface area contributed by atoms with Gasteiger partial charge in [0.25, 0.3) is 0 Å². The van der Waals surface area contributed by atoms with E-state index >= 15 is 0 Å². The minimum absolute atomic E-state index is 0.117. The first kappa shape index (κ1) is 15.8. The van der Waals surface area contributed by atoms with Gasteiger partial charge in [-0.3, -0.25) is 4.90 Å². The first-order valence-corrected chi connectivity index (χ1v) is 7.80. The molecule has 0 atom stereocenters. The van der Waals surface area contributed by atoms with E-state index in [0.29, 0.717) is 17.3 Å². The summed E-state index contributed by atoms with van der Waals surface area (Å²) in [5.41, 5.74) is 1.55. The molecule has 7 heteroatoms. The van der Waals surface area contributed by atoms with Gasteiger partial charge >= 0.3 is 5.97 Å². The first-order valence-electron chi connectivity index (χ1n) is 7.42. The highest BCUT2D eigenvalue weighted by Crippen LogP contribution is 2.30. The molecule has 122 valence electrons. The van der Waals surface area contributed by atoms with E-state index in [-0.39, 0.29) is 17.4 Å². The molecule has 1 aliphatic rings. The van der Waals surface area contributed by atoms with E-state index in [4.69, 9.17) is 21.2 Å². The highest BCUT2D eigenvalue weighted by atomic mass is 35.5. The third-order valence-corrected chi connectivity index (χ3v) is 4.42. The van der Waals surface area contributed by atoms with Gasteiger partial charge in [-0.25, -0.2) is 4.79 Å². The van der Waals surface area contributed by atoms with Crippen LogP contribution in [-0.4, -0.2) is 39.3 Å². The Morgan fingerprint density at radius 1 is 1.35 bits per heavy atom. The molecule has 2 aromatic rings. The smallest absolute Gasteiger partial charge is 0.374 e. The summed E-state index contributed by atoms with van der Waals surface area (Å²) in [5, 5.41) is 23.2. The predicted octanol–water partition coefficient (Wildman–Crippen LogP) is 3.11. The van der Waals surface area contributed by atoms with Gasteiger partial charge in [-0.15, -0.1) is 0 Å². The van der Waals surface area contributed by atoms with Crippen molar-refractivity contribution in [3.8, 4) is 5.75 Å². The second-order valence-electron chi connectivity index (χ2n) is 5.74. The topological polar surface area (TPSA) is 86.8 Å². The zero-order valence-corrected chi connectivity index (χ0v) is 13.2. The number of piperidine rings is 1. The maximum absolute atomic E-state index is 10.8. The number of hydrogen-bond donors (Lipinski definition) is 2. The molecule has 2 N–H and O–H groups in total. The molecule has 1 aromatic heterocycles. The quantitative estimate of drug-likeness (QED) is 0.892. The molecule has 1 aliphatic heterocycles. The SMILES string of the molecule is O=C(O)c1cc(C2CCN(Cc3ccc(Cl)cc3O)CC2)no1. The van der Waals surface area contributed by atoms with E-state index in [2.05, 4.69) is 10.1 Å². The van der Waals surface area contributed by atoms with E-state index in [1.807, 2.05) is 6.07 Å². The van der Waals surface area contributed by atoms with Gasteiger partial charge < -0.3 is 14.7 Å². The van der Waals surface area contributed by atoms with Crippen LogP contribution < -0.4 is 0 Å². The second kappa shape index (κ2) is 6.60. The summed E-state index contributed by atoms with van der Waals surface area (Å²) in [6.45, 7) is 2.36. The Kier molecular flexibility index (Phi) is 4.54. The van der Waals surface area contributed by atoms with Crippen molar-refractivity contribution < 1.29 is 19.5 Å². The Hall–Kier alpha value is -2.05. The van der Waals surface area contributed by atoms with Crippen LogP contribution in [0.3, 0.4) is 0 Å². The van der Waals surface area contributed by atoms with Crippen LogP contribution in [0.4, 0.5) is 0 Å². The van der Waals surface area contributed by atoms with Gasteiger partial charge in [-0.05, 0) is 38.1 Å². The lowest BCUT2D eigenvalue weighted by Crippen LogP contribution is -2.32. The molecule has 23 heavy (non-hydrogen) atoms. The number of nitrogens with zero attached hydrogens (tertiary/aromatic N) is 2. The molecule has 2 heterocycles. The summed E-state index contributed by atoms with van der Waals surface area (Å²) in [5.74, 6) is -0.794. The van der Waals surface area contributed by atoms with Crippen molar-refractivity contribution in [1.82, 2.24) is 10.1 Å². The lowest BCUT2D eigenvalue weighted by molar-refractivity contribution is 0.0651. The molecule has 0 unspecified atom stereocenters. The number of hydrogen-bond acceptors (Lipinski definition) is 5. The van der Waals surface area contributed by atoms with Gasteiger partial charge in [-0.1, -0.05) is 22.8 Å². The van der Waals surface area contributed by atoms with Crippen molar-refractivity contribution in [2.45, 2.75) is 25.3 Å². The van der Waals surface area contributed by atoms with E-state index < -0.39 is 5.97 Å². The van der Waals surface area contributed by atoms with Crippen LogP contribution in [0.5, 0.6) is 5.75 Å². The normalized spacial score (nSPS) is 16.6. The van der Waals surface area contributed by atoms with Gasteiger partial charge in [0.1, 0.15) is 5.75 Å². The lowest BCUT2D eigenvalue weighted by atomic mass is 9.93. The molecule has 0 saturated carbocycles. The average Bonchev–Trinajstić information content (AvgIpc) is 3.01. The van der Waals surface area contributed by atoms with E-state index in [0.717, 1.165) is 31.5 Å². The fourth-order valence-electron chi connectivity index (χ4n) is 2.88. The van der Waals surface area contributed by atoms with Crippen LogP contribution in [0.2, 0.25) is 5.02 Å². The van der Waals surface area contributed by atoms with Gasteiger partial charge in [0.15, 0.2) is 0 Å². The number of carbonyl (C=O) groups is 1. The molecular weight excluding hydrogens is 320 g/mol. The fourth-order valence-corrected chi connectivity index (χ4v) is 3.05. The van der Waals surface area contributed by atoms with Gasteiger partial charge in [0.2, 0.25) is 5.76 Å². The molecule has 0 radical (unpaired) electrons. The zero-order chi connectivity index (χ0) is 16.4. The lowest BCUT2D eigenvalue weighted by Gasteiger charge is -2.31. The van der Waals surface area contributed by atoms with Crippen molar-refractivity contribution in [2.75, 3.05) is 13.1 Å². The van der Waals surface area contributed by atoms with Crippen molar-refractivity contribution in [3.63, 3.8) is 0 Å². The van der Waals surface area contributed by atoms with E-state index in [1.165, 1.54) is 6.07 Å². The number of phenolic OH excluding ortho intramolecular Hbond substituents is 1. The Labute approximate surface area is 138 Å². The Morgan fingerprint density at radius 3 is 2.70 bits per heavy atom. The van der Waals surface area contributed by atoms with E-state index in [1.54, 1.807) is 12.1 Å². The van der Waals surface area contributed by atoms with Crippen LogP contribution in [0.1, 0.15) is 40.6 Å². The molecule has 6 nitrogen and oxygen atoms in total. The minimum Gasteiger partial charge on any atom is -0.508 e. The monoisotopic (exact) mass is 336 g/mol. The summed E-state index contributed by atoms with van der Waals surface area (Å²) in [6, 6.07) is 6.66. The second-order valence-corrected chi connectivity index (χ2v) is 6.18. The summed E-state index contributed by atoms with van der Waals surface area (Å²) in [6.07, 6.45) is 1.75. The molecular formula is C16H17ClN2O4. The Balaban J connectivity index is 1.58. The molecule has 0 aliphatic carbocycles. The number of aromatic nitrogens is 1. The van der Waals surface area contributed by atoms with Gasteiger partial charge in [0, 0.05) is 29.1 Å². The number of rotatable bonds is 4. The average molecular weight is 337 g/mol. The largest absolute Gasteiger partial charge is 0.508 e. The number of benzene rings is 1. The summed E-state index contributed by atoms with van der Waals surface area (Å²) < 4.78 is 4.82. The summed E-state index contributed by atoms with van der Waals surface area (Å²) in [4.78, 5) is 13.1. The van der Waals surface area contributed by atoms with Crippen molar-refractivity contribution in [3.05, 3.63) is 46.3 Å². The van der Waals surface area contributed by atoms with Gasteiger partial charge in [0.05, 0.1) is 5.69 Å². The molecule has 0 bridgehead atoms. The van der Waals surface area contributed by atoms with Crippen LogP contribution in [-0.2, 0) is 6.54 Å². The predicted molar refractivity (Wildman–Crippen MR) is 83.8 cm³/mol. The minimum atomic E-state index is -1.10. The Morgan fingerprint density at radius 2 is 2.09 bits per heavy atom. The molecule has 0 amide bonds. The van der Waals surface area contributed by atoms with E-state index in [9.17, 15) is 9.90 Å². The Bertz CT molecular complexity index is 708. The highest BCUT2D eigenvalue weighted by molar-refractivity contribution is 6.30. The fraction of sp³-hybridized carbons (Fsp3) is 0.375. The van der Waals surface area contributed by atoms with Crippen LogP contribution in [0.25, 0.3) is 0 Å². The molecule has 3 rings (SSSR count). The number of halogens is 1. The number of carboxylic acid groups (broad SMARTS) is 1. The molecule has 1 aromatic carbocycles. The van der Waals surface area contributed by atoms with Crippen molar-refractivity contribution in [2.24, 2.45) is 0 Å². The number of aromatic carboxylic acids is 1. The molecule has 0 spiro atoms. The first-order chi connectivity index (χ1) is 11.0. The number of phenols is 1. The standard InChI is InChI=1S/C16H17ClN2O4/c17-12-2-1-11(14(20)7-12)9-19-5-3-10(4-6-19)13-8-15(16(21)22)23-18-13/h1-2,7-8,10,20H,3-6,9H2,(H,21,22). The van der Waals surface area contributed by atoms with Gasteiger partial charge in [-0.2, -0.15) is 0 Å². The zero-order valence-electron chi connectivity index (χ0n) is 12.4. The summed E-state index contributed by atoms with van der Waals surface area (Å²) >= 11 is 5.84. The highest BCUT2D eigenvalue weighted by Gasteiger charge is 2.25. The third kappa shape index (κ3) is 3.65. The molecule has 1 fully saturated rings. The summed E-state index contributed by atoms with van der Waals surface area (Å²) in [7, 11) is 0. The number of carboxylic acids is 1. The third-order valence-electron chi connectivity index (χ3n) is 4.19. The van der Waals surface area contributed by atoms with Crippen molar-refractivity contribution in [1.29, 1.82) is 0 Å². The van der Waals surface area contributed by atoms with Crippen LogP contribution >= 0.6 is 11.6 Å².